The van der Waals surface area contributed by atoms with Gasteiger partial charge < -0.3 is 10.8 Å². The normalized spacial score (nSPS) is 23.6. The van der Waals surface area contributed by atoms with Gasteiger partial charge in [0.2, 0.25) is 0 Å². The van der Waals surface area contributed by atoms with E-state index in [1.54, 1.807) is 0 Å². The molecule has 0 fully saturated rings. The van der Waals surface area contributed by atoms with Crippen molar-refractivity contribution in [3.05, 3.63) is 34.9 Å². The Morgan fingerprint density at radius 2 is 2.21 bits per heavy atom. The maximum absolute atomic E-state index is 9.28. The number of rotatable bonds is 1. The van der Waals surface area contributed by atoms with Crippen LogP contribution < -0.4 is 5.73 Å². The number of nitrogens with two attached hydrogens (primary N) is 1. The fourth-order valence-corrected chi connectivity index (χ4v) is 2.46. The molecule has 0 aromatic heterocycles. The lowest BCUT2D eigenvalue weighted by atomic mass is 9.81. The van der Waals surface area contributed by atoms with E-state index in [-0.39, 0.29) is 18.1 Å². The summed E-state index contributed by atoms with van der Waals surface area (Å²) in [6.07, 6.45) is 0.927. The van der Waals surface area contributed by atoms with E-state index in [2.05, 4.69) is 19.9 Å². The second-order valence-corrected chi connectivity index (χ2v) is 4.64. The molecule has 2 nitrogen and oxygen atoms in total. The van der Waals surface area contributed by atoms with Crippen molar-refractivity contribution in [3.8, 4) is 0 Å². The zero-order chi connectivity index (χ0) is 10.3. The van der Waals surface area contributed by atoms with E-state index in [0.717, 1.165) is 12.0 Å². The molecule has 0 bridgehead atoms. The molecule has 1 aromatic carbocycles. The summed E-state index contributed by atoms with van der Waals surface area (Å²) in [5, 5.41) is 9.28. The van der Waals surface area contributed by atoms with Gasteiger partial charge in [0.05, 0.1) is 6.61 Å². The second kappa shape index (κ2) is 3.07. The van der Waals surface area contributed by atoms with Crippen molar-refractivity contribution in [2.75, 3.05) is 0 Å². The first-order valence-corrected chi connectivity index (χ1v) is 5.05. The van der Waals surface area contributed by atoms with Gasteiger partial charge in [0, 0.05) is 11.5 Å². The van der Waals surface area contributed by atoms with Crippen LogP contribution in [0.15, 0.2) is 18.2 Å². The highest BCUT2D eigenvalue weighted by Crippen LogP contribution is 2.39. The Kier molecular flexibility index (Phi) is 2.13. The van der Waals surface area contributed by atoms with Gasteiger partial charge in [0.25, 0.3) is 0 Å². The molecule has 1 aliphatic rings. The maximum Gasteiger partial charge on any atom is 0.0684 e. The van der Waals surface area contributed by atoms with Crippen LogP contribution in [0.3, 0.4) is 0 Å². The molecule has 0 saturated carbocycles. The van der Waals surface area contributed by atoms with E-state index in [9.17, 15) is 5.11 Å². The van der Waals surface area contributed by atoms with E-state index < -0.39 is 0 Å². The highest BCUT2D eigenvalue weighted by molar-refractivity contribution is 5.46. The Balaban J connectivity index is 2.60. The first kappa shape index (κ1) is 9.69. The van der Waals surface area contributed by atoms with Crippen LogP contribution in [-0.4, -0.2) is 11.1 Å². The van der Waals surface area contributed by atoms with Crippen LogP contribution in [0, 0.1) is 0 Å². The predicted molar refractivity (Wildman–Crippen MR) is 57.1 cm³/mol. The third-order valence-electron chi connectivity index (χ3n) is 3.42. The van der Waals surface area contributed by atoms with Crippen LogP contribution in [0.5, 0.6) is 0 Å². The van der Waals surface area contributed by atoms with Crippen molar-refractivity contribution in [2.24, 2.45) is 5.73 Å². The van der Waals surface area contributed by atoms with E-state index in [1.807, 2.05) is 12.1 Å². The standard InChI is InChI=1S/C12H17NO/c1-12(2)10(13)6-8-4-3-5-9(7-14)11(8)12/h3-5,10,14H,6-7,13H2,1-2H3. The highest BCUT2D eigenvalue weighted by atomic mass is 16.3. The predicted octanol–water partition coefficient (Wildman–Crippen LogP) is 1.34. The number of fused-ring (bicyclic) bond motifs is 1. The third-order valence-corrected chi connectivity index (χ3v) is 3.42. The SMILES string of the molecule is CC1(C)c2c(CO)cccc2CC1N. The van der Waals surface area contributed by atoms with Gasteiger partial charge in [-0.3, -0.25) is 0 Å². The molecule has 0 spiro atoms. The summed E-state index contributed by atoms with van der Waals surface area (Å²) in [5.41, 5.74) is 9.69. The molecule has 1 atom stereocenters. The summed E-state index contributed by atoms with van der Waals surface area (Å²) in [6.45, 7) is 4.42. The fourth-order valence-electron chi connectivity index (χ4n) is 2.46. The van der Waals surface area contributed by atoms with Gasteiger partial charge in [-0.25, -0.2) is 0 Å². The van der Waals surface area contributed by atoms with Gasteiger partial charge in [-0.2, -0.15) is 0 Å². The Morgan fingerprint density at radius 1 is 1.50 bits per heavy atom. The Morgan fingerprint density at radius 3 is 2.86 bits per heavy atom. The van der Waals surface area contributed by atoms with Gasteiger partial charge in [-0.1, -0.05) is 32.0 Å². The summed E-state index contributed by atoms with van der Waals surface area (Å²) < 4.78 is 0. The topological polar surface area (TPSA) is 46.2 Å². The van der Waals surface area contributed by atoms with Gasteiger partial charge in [0.15, 0.2) is 0 Å². The average molecular weight is 191 g/mol. The monoisotopic (exact) mass is 191 g/mol. The number of benzene rings is 1. The smallest absolute Gasteiger partial charge is 0.0684 e. The lowest BCUT2D eigenvalue weighted by Gasteiger charge is -2.26. The minimum Gasteiger partial charge on any atom is -0.392 e. The molecular formula is C12H17NO. The van der Waals surface area contributed by atoms with Crippen LogP contribution in [0.4, 0.5) is 0 Å². The molecule has 0 amide bonds. The molecule has 3 N–H and O–H groups in total. The zero-order valence-electron chi connectivity index (χ0n) is 8.75. The Bertz CT molecular complexity index is 357. The zero-order valence-corrected chi connectivity index (χ0v) is 8.75. The first-order valence-electron chi connectivity index (χ1n) is 5.05. The van der Waals surface area contributed by atoms with Crippen LogP contribution in [0.2, 0.25) is 0 Å². The van der Waals surface area contributed by atoms with Crippen LogP contribution in [-0.2, 0) is 18.4 Å². The molecule has 0 saturated heterocycles. The van der Waals surface area contributed by atoms with Gasteiger partial charge in [-0.15, -0.1) is 0 Å². The van der Waals surface area contributed by atoms with E-state index >= 15 is 0 Å². The number of aliphatic hydroxyl groups excluding tert-OH is 1. The van der Waals surface area contributed by atoms with Crippen molar-refractivity contribution in [1.82, 2.24) is 0 Å². The third kappa shape index (κ3) is 1.18. The van der Waals surface area contributed by atoms with Gasteiger partial charge in [-0.05, 0) is 23.1 Å². The largest absolute Gasteiger partial charge is 0.392 e. The average Bonchev–Trinajstić information content (AvgIpc) is 2.38. The van der Waals surface area contributed by atoms with E-state index in [0.29, 0.717) is 0 Å². The van der Waals surface area contributed by atoms with Crippen LogP contribution >= 0.6 is 0 Å². The molecule has 2 rings (SSSR count). The summed E-state index contributed by atoms with van der Waals surface area (Å²) in [4.78, 5) is 0. The van der Waals surface area contributed by atoms with E-state index in [1.165, 1.54) is 11.1 Å². The molecule has 2 heteroatoms. The van der Waals surface area contributed by atoms with Gasteiger partial charge in [0.1, 0.15) is 0 Å². The second-order valence-electron chi connectivity index (χ2n) is 4.64. The molecule has 0 radical (unpaired) electrons. The molecule has 1 aromatic rings. The minimum absolute atomic E-state index is 0.00530. The number of aliphatic hydroxyl groups is 1. The molecule has 0 heterocycles. The fraction of sp³-hybridized carbons (Fsp3) is 0.500. The van der Waals surface area contributed by atoms with Crippen LogP contribution in [0.25, 0.3) is 0 Å². The number of hydrogen-bond donors (Lipinski definition) is 2. The summed E-state index contributed by atoms with van der Waals surface area (Å²) in [7, 11) is 0. The van der Waals surface area contributed by atoms with Crippen molar-refractivity contribution in [1.29, 1.82) is 0 Å². The molecule has 76 valence electrons. The first-order chi connectivity index (χ1) is 6.57. The Labute approximate surface area is 84.7 Å². The molecule has 1 unspecified atom stereocenters. The summed E-state index contributed by atoms with van der Waals surface area (Å²) in [5.74, 6) is 0. The summed E-state index contributed by atoms with van der Waals surface area (Å²) in [6, 6.07) is 6.27. The number of hydrogen-bond acceptors (Lipinski definition) is 2. The van der Waals surface area contributed by atoms with Gasteiger partial charge >= 0.3 is 0 Å². The lowest BCUT2D eigenvalue weighted by Crippen LogP contribution is -2.37. The maximum atomic E-state index is 9.28. The molecule has 14 heavy (non-hydrogen) atoms. The highest BCUT2D eigenvalue weighted by Gasteiger charge is 2.38. The van der Waals surface area contributed by atoms with Crippen molar-refractivity contribution in [3.63, 3.8) is 0 Å². The molecule has 1 aliphatic carbocycles. The summed E-state index contributed by atoms with van der Waals surface area (Å²) >= 11 is 0. The van der Waals surface area contributed by atoms with Crippen molar-refractivity contribution < 1.29 is 5.11 Å². The van der Waals surface area contributed by atoms with Crippen molar-refractivity contribution in [2.45, 2.75) is 38.3 Å². The minimum atomic E-state index is -0.00530. The Hall–Kier alpha value is -0.860. The van der Waals surface area contributed by atoms with E-state index in [4.69, 9.17) is 5.73 Å². The molecule has 0 aliphatic heterocycles. The molecular weight excluding hydrogens is 174 g/mol. The van der Waals surface area contributed by atoms with Crippen molar-refractivity contribution >= 4 is 0 Å². The lowest BCUT2D eigenvalue weighted by molar-refractivity contribution is 0.277. The van der Waals surface area contributed by atoms with Crippen LogP contribution in [0.1, 0.15) is 30.5 Å². The quantitative estimate of drug-likeness (QED) is 0.703.